The number of likely N-dealkylation sites (tertiary alicyclic amines) is 1. The minimum absolute atomic E-state index is 0.0830. The van der Waals surface area contributed by atoms with Gasteiger partial charge in [0.05, 0.1) is 23.8 Å². The maximum Gasteiger partial charge on any atom is 0.316 e. The number of nitrogens with zero attached hydrogens (tertiary/aromatic N) is 5. The van der Waals surface area contributed by atoms with E-state index in [2.05, 4.69) is 32.3 Å². The van der Waals surface area contributed by atoms with Crippen molar-refractivity contribution >= 4 is 16.8 Å². The van der Waals surface area contributed by atoms with Crippen molar-refractivity contribution in [3.05, 3.63) is 52.7 Å². The lowest BCUT2D eigenvalue weighted by molar-refractivity contribution is 0.0897. The van der Waals surface area contributed by atoms with Gasteiger partial charge in [-0.15, -0.1) is 0 Å². The zero-order valence-electron chi connectivity index (χ0n) is 15.7. The minimum atomic E-state index is -0.398. The molecule has 0 saturated carbocycles. The fourth-order valence-corrected chi connectivity index (χ4v) is 3.61. The molecule has 1 saturated heterocycles. The number of hydrogen-bond donors (Lipinski definition) is 1. The van der Waals surface area contributed by atoms with E-state index in [0.717, 1.165) is 25.9 Å². The number of rotatable bonds is 6. The van der Waals surface area contributed by atoms with Gasteiger partial charge in [0.2, 0.25) is 0 Å². The Hall–Kier alpha value is -3.07. The summed E-state index contributed by atoms with van der Waals surface area (Å²) in [5.74, 6) is -0.246. The predicted molar refractivity (Wildman–Crippen MR) is 102 cm³/mol. The lowest BCUT2D eigenvalue weighted by Crippen LogP contribution is -2.40. The van der Waals surface area contributed by atoms with Gasteiger partial charge in [-0.05, 0) is 38.1 Å². The molecule has 3 heterocycles. The predicted octanol–water partition coefficient (Wildman–Crippen LogP) is 1.04. The number of carbonyl (C=O) groups excluding carboxylic acids is 1. The molecule has 0 bridgehead atoms. The van der Waals surface area contributed by atoms with Crippen LogP contribution < -0.4 is 10.9 Å². The van der Waals surface area contributed by atoms with Crippen molar-refractivity contribution in [1.29, 1.82) is 0 Å². The maximum absolute atomic E-state index is 12.5. The molecule has 1 aliphatic rings. The Morgan fingerprint density at radius 2 is 2.21 bits per heavy atom. The van der Waals surface area contributed by atoms with Crippen molar-refractivity contribution in [3.63, 3.8) is 0 Å². The summed E-state index contributed by atoms with van der Waals surface area (Å²) in [5.41, 5.74) is 0.437. The number of para-hydroxylation sites is 1. The fraction of sp³-hybridized carbons (Fsp3) is 0.421. The van der Waals surface area contributed by atoms with Crippen LogP contribution in [-0.4, -0.2) is 56.2 Å². The summed E-state index contributed by atoms with van der Waals surface area (Å²) in [6.07, 6.45) is 3.66. The molecule has 1 atom stereocenters. The third kappa shape index (κ3) is 3.65. The van der Waals surface area contributed by atoms with Gasteiger partial charge in [-0.25, -0.2) is 4.98 Å². The Bertz CT molecular complexity index is 1040. The molecular weight excluding hydrogens is 360 g/mol. The molecule has 3 aromatic rings. The summed E-state index contributed by atoms with van der Waals surface area (Å²) in [6, 6.07) is 7.46. The average molecular weight is 382 g/mol. The Labute approximate surface area is 161 Å². The summed E-state index contributed by atoms with van der Waals surface area (Å²) in [4.78, 5) is 35.6. The number of hydrogen-bond acceptors (Lipinski definition) is 7. The van der Waals surface area contributed by atoms with Gasteiger partial charge in [-0.2, -0.15) is 4.98 Å². The molecule has 1 amide bonds. The molecule has 0 radical (unpaired) electrons. The first-order valence-electron chi connectivity index (χ1n) is 9.44. The third-order valence-electron chi connectivity index (χ3n) is 5.11. The highest BCUT2D eigenvalue weighted by molar-refractivity contribution is 5.89. The molecule has 146 valence electrons. The molecule has 9 nitrogen and oxygen atoms in total. The smallest absolute Gasteiger partial charge is 0.316 e. The van der Waals surface area contributed by atoms with E-state index >= 15 is 0 Å². The van der Waals surface area contributed by atoms with E-state index in [1.807, 2.05) is 6.07 Å². The van der Waals surface area contributed by atoms with Crippen molar-refractivity contribution in [3.8, 4) is 0 Å². The molecule has 1 unspecified atom stereocenters. The summed E-state index contributed by atoms with van der Waals surface area (Å²) >= 11 is 0. The number of aromatic nitrogens is 4. The second-order valence-electron chi connectivity index (χ2n) is 6.85. The second-order valence-corrected chi connectivity index (χ2v) is 6.85. The standard InChI is InChI=1S/C19H22N6O3/c1-2-24-9-5-6-13(24)10-20-17(26)18-22-16(23-28-18)11-25-12-21-15-8-4-3-7-14(15)19(25)27/h3-4,7-8,12-13H,2,5-6,9-11H2,1H3,(H,20,26). The topological polar surface area (TPSA) is 106 Å². The Morgan fingerprint density at radius 3 is 3.07 bits per heavy atom. The molecular formula is C19H22N6O3. The minimum Gasteiger partial charge on any atom is -0.346 e. The lowest BCUT2D eigenvalue weighted by atomic mass is 10.2. The van der Waals surface area contributed by atoms with E-state index < -0.39 is 5.91 Å². The van der Waals surface area contributed by atoms with Crippen molar-refractivity contribution in [2.24, 2.45) is 0 Å². The van der Waals surface area contributed by atoms with Crippen molar-refractivity contribution in [2.45, 2.75) is 32.4 Å². The monoisotopic (exact) mass is 382 g/mol. The van der Waals surface area contributed by atoms with Crippen LogP contribution in [0.4, 0.5) is 0 Å². The zero-order chi connectivity index (χ0) is 19.5. The number of likely N-dealkylation sites (N-methyl/N-ethyl adjacent to an activating group) is 1. The van der Waals surface area contributed by atoms with Crippen LogP contribution in [0.3, 0.4) is 0 Å². The SMILES string of the molecule is CCN1CCCC1CNC(=O)c1nc(Cn2cnc3ccccc3c2=O)no1. The van der Waals surface area contributed by atoms with Gasteiger partial charge in [-0.1, -0.05) is 24.2 Å². The van der Waals surface area contributed by atoms with Gasteiger partial charge in [0.1, 0.15) is 0 Å². The average Bonchev–Trinajstić information content (AvgIpc) is 3.37. The van der Waals surface area contributed by atoms with E-state index in [0.29, 0.717) is 23.5 Å². The highest BCUT2D eigenvalue weighted by Crippen LogP contribution is 2.15. The van der Waals surface area contributed by atoms with E-state index in [-0.39, 0.29) is 23.8 Å². The largest absolute Gasteiger partial charge is 0.346 e. The number of benzene rings is 1. The van der Waals surface area contributed by atoms with Gasteiger partial charge in [-0.3, -0.25) is 19.1 Å². The van der Waals surface area contributed by atoms with Crippen molar-refractivity contribution in [2.75, 3.05) is 19.6 Å². The number of amides is 1. The second kappa shape index (κ2) is 7.89. The summed E-state index contributed by atoms with van der Waals surface area (Å²) < 4.78 is 6.47. The van der Waals surface area contributed by atoms with Crippen LogP contribution in [0.25, 0.3) is 10.9 Å². The molecule has 0 aliphatic carbocycles. The van der Waals surface area contributed by atoms with Crippen LogP contribution >= 0.6 is 0 Å². The molecule has 4 rings (SSSR count). The summed E-state index contributed by atoms with van der Waals surface area (Å²) in [5, 5.41) is 7.20. The highest BCUT2D eigenvalue weighted by atomic mass is 16.5. The Morgan fingerprint density at radius 1 is 1.36 bits per heavy atom. The van der Waals surface area contributed by atoms with E-state index in [9.17, 15) is 9.59 Å². The highest BCUT2D eigenvalue weighted by Gasteiger charge is 2.24. The Kier molecular flexibility index (Phi) is 5.16. The normalized spacial score (nSPS) is 17.2. The molecule has 28 heavy (non-hydrogen) atoms. The third-order valence-corrected chi connectivity index (χ3v) is 5.11. The van der Waals surface area contributed by atoms with Crippen LogP contribution in [0.5, 0.6) is 0 Å². The van der Waals surface area contributed by atoms with E-state index in [1.165, 1.54) is 10.9 Å². The molecule has 1 aromatic carbocycles. The number of nitrogens with one attached hydrogen (secondary N) is 1. The number of carbonyl (C=O) groups is 1. The molecule has 1 fully saturated rings. The van der Waals surface area contributed by atoms with Crippen molar-refractivity contribution in [1.82, 2.24) is 29.9 Å². The molecule has 9 heteroatoms. The maximum atomic E-state index is 12.5. The van der Waals surface area contributed by atoms with Crippen molar-refractivity contribution < 1.29 is 9.32 Å². The first kappa shape index (κ1) is 18.3. The van der Waals surface area contributed by atoms with Crippen LogP contribution in [0.2, 0.25) is 0 Å². The van der Waals surface area contributed by atoms with Crippen LogP contribution in [0.1, 0.15) is 36.3 Å². The fourth-order valence-electron chi connectivity index (χ4n) is 3.61. The van der Waals surface area contributed by atoms with Gasteiger partial charge in [0, 0.05) is 12.6 Å². The molecule has 2 aromatic heterocycles. The first-order chi connectivity index (χ1) is 13.7. The van der Waals surface area contributed by atoms with Crippen LogP contribution in [0, 0.1) is 0 Å². The molecule has 0 spiro atoms. The van der Waals surface area contributed by atoms with Crippen LogP contribution in [0.15, 0.2) is 39.9 Å². The first-order valence-corrected chi connectivity index (χ1v) is 9.44. The quantitative estimate of drug-likeness (QED) is 0.679. The number of fused-ring (bicyclic) bond motifs is 1. The summed E-state index contributed by atoms with van der Waals surface area (Å²) in [7, 11) is 0. The van der Waals surface area contributed by atoms with Gasteiger partial charge in [0.15, 0.2) is 5.82 Å². The molecule has 1 N–H and O–H groups in total. The van der Waals surface area contributed by atoms with Gasteiger partial charge >= 0.3 is 11.8 Å². The van der Waals surface area contributed by atoms with Crippen LogP contribution in [-0.2, 0) is 6.54 Å². The van der Waals surface area contributed by atoms with Gasteiger partial charge in [0.25, 0.3) is 5.56 Å². The van der Waals surface area contributed by atoms with E-state index in [4.69, 9.17) is 4.52 Å². The zero-order valence-corrected chi connectivity index (χ0v) is 15.7. The Balaban J connectivity index is 1.42. The molecule has 1 aliphatic heterocycles. The lowest BCUT2D eigenvalue weighted by Gasteiger charge is -2.22. The van der Waals surface area contributed by atoms with E-state index in [1.54, 1.807) is 18.2 Å². The summed E-state index contributed by atoms with van der Waals surface area (Å²) in [6.45, 7) is 4.79. The van der Waals surface area contributed by atoms with Gasteiger partial charge < -0.3 is 9.84 Å².